The lowest BCUT2D eigenvalue weighted by atomic mass is 10.1. The molecule has 38 heavy (non-hydrogen) atoms. The molecule has 0 saturated carbocycles. The van der Waals surface area contributed by atoms with E-state index >= 15 is 0 Å². The van der Waals surface area contributed by atoms with E-state index in [1.165, 1.54) is 12.1 Å². The van der Waals surface area contributed by atoms with Gasteiger partial charge in [0.1, 0.15) is 23.3 Å². The molecular weight excluding hydrogens is 483 g/mol. The molecule has 0 radical (unpaired) electrons. The van der Waals surface area contributed by atoms with Crippen LogP contribution in [0.1, 0.15) is 20.3 Å². The van der Waals surface area contributed by atoms with E-state index in [0.717, 1.165) is 27.7 Å². The second kappa shape index (κ2) is 9.64. The lowest BCUT2D eigenvalue weighted by Gasteiger charge is -2.16. The number of imidazole rings is 1. The van der Waals surface area contributed by atoms with Crippen LogP contribution in [0.15, 0.2) is 67.3 Å². The average Bonchev–Trinajstić information content (AvgIpc) is 3.52. The van der Waals surface area contributed by atoms with Gasteiger partial charge in [-0.15, -0.1) is 0 Å². The zero-order valence-corrected chi connectivity index (χ0v) is 20.8. The van der Waals surface area contributed by atoms with E-state index in [1.54, 1.807) is 36.9 Å². The summed E-state index contributed by atoms with van der Waals surface area (Å²) in [5, 5.41) is 21.6. The number of pyridine rings is 3. The summed E-state index contributed by atoms with van der Waals surface area (Å²) in [6, 6.07) is 12.0. The topological polar surface area (TPSA) is 128 Å². The Morgan fingerprint density at radius 1 is 0.974 bits per heavy atom. The number of aromatic nitrogens is 7. The molecular formula is C28H25FN8O. The van der Waals surface area contributed by atoms with E-state index in [9.17, 15) is 9.50 Å². The van der Waals surface area contributed by atoms with Gasteiger partial charge in [0.2, 0.25) is 0 Å². The van der Waals surface area contributed by atoms with Gasteiger partial charge in [0.05, 0.1) is 28.5 Å². The van der Waals surface area contributed by atoms with Crippen LogP contribution in [0, 0.1) is 11.7 Å². The van der Waals surface area contributed by atoms with E-state index in [-0.39, 0.29) is 5.82 Å². The second-order valence-electron chi connectivity index (χ2n) is 9.60. The number of aliphatic hydroxyl groups is 1. The molecule has 5 aromatic heterocycles. The van der Waals surface area contributed by atoms with Gasteiger partial charge >= 0.3 is 0 Å². The van der Waals surface area contributed by atoms with E-state index in [0.29, 0.717) is 46.3 Å². The molecule has 4 N–H and O–H groups in total. The summed E-state index contributed by atoms with van der Waals surface area (Å²) < 4.78 is 13.9. The minimum absolute atomic E-state index is 0.336. The molecule has 0 aliphatic heterocycles. The smallest absolute Gasteiger partial charge is 0.159 e. The van der Waals surface area contributed by atoms with Gasteiger partial charge in [-0.3, -0.25) is 15.1 Å². The van der Waals surface area contributed by atoms with Crippen LogP contribution in [0.25, 0.3) is 56.0 Å². The van der Waals surface area contributed by atoms with Crippen molar-refractivity contribution < 1.29 is 9.50 Å². The van der Waals surface area contributed by atoms with Crippen molar-refractivity contribution >= 4 is 27.8 Å². The minimum Gasteiger partial charge on any atom is -0.374 e. The number of nitrogens with zero attached hydrogens (tertiary/aromatic N) is 5. The lowest BCUT2D eigenvalue weighted by Crippen LogP contribution is -2.20. The largest absolute Gasteiger partial charge is 0.374 e. The average molecular weight is 509 g/mol. The first-order valence-electron chi connectivity index (χ1n) is 12.3. The van der Waals surface area contributed by atoms with Gasteiger partial charge in [-0.25, -0.2) is 14.4 Å². The molecule has 190 valence electrons. The van der Waals surface area contributed by atoms with Crippen LogP contribution in [0.4, 0.5) is 10.1 Å². The third-order valence-corrected chi connectivity index (χ3v) is 6.24. The highest BCUT2D eigenvalue weighted by Crippen LogP contribution is 2.32. The maximum Gasteiger partial charge on any atom is 0.159 e. The highest BCUT2D eigenvalue weighted by molar-refractivity contribution is 5.96. The van der Waals surface area contributed by atoms with E-state index in [1.807, 2.05) is 18.2 Å². The monoisotopic (exact) mass is 508 g/mol. The first-order chi connectivity index (χ1) is 18.4. The molecule has 0 amide bonds. The number of aliphatic hydroxyl groups excluding tert-OH is 1. The summed E-state index contributed by atoms with van der Waals surface area (Å²) in [6.45, 7) is 4.12. The number of halogens is 1. The molecule has 9 nitrogen and oxygen atoms in total. The van der Waals surface area contributed by atoms with Crippen LogP contribution >= 0.6 is 0 Å². The Hall–Kier alpha value is -4.70. The van der Waals surface area contributed by atoms with Crippen molar-refractivity contribution in [2.24, 2.45) is 5.92 Å². The Labute approximate surface area is 217 Å². The number of fused-ring (bicyclic) bond motifs is 2. The molecule has 0 aliphatic rings. The van der Waals surface area contributed by atoms with Crippen LogP contribution in [-0.4, -0.2) is 46.5 Å². The van der Waals surface area contributed by atoms with Gasteiger partial charge in [-0.2, -0.15) is 5.10 Å². The van der Waals surface area contributed by atoms with Gasteiger partial charge in [0, 0.05) is 35.3 Å². The summed E-state index contributed by atoms with van der Waals surface area (Å²) in [5.41, 5.74) is 6.23. The Balaban J connectivity index is 1.38. The van der Waals surface area contributed by atoms with Gasteiger partial charge in [0.25, 0.3) is 0 Å². The predicted octanol–water partition coefficient (Wildman–Crippen LogP) is 5.54. The normalized spacial score (nSPS) is 12.4. The van der Waals surface area contributed by atoms with Gasteiger partial charge in [-0.1, -0.05) is 26.0 Å². The SMILES string of the molecule is CC(C)CC(O)Nc1cncc(-c2cnc3[nH]nc(-c4nc5c(-c6cccc(F)c6)nccc5[nH]4)c3c2)c1. The Bertz CT molecular complexity index is 1760. The third kappa shape index (κ3) is 4.57. The van der Waals surface area contributed by atoms with Crippen molar-refractivity contribution in [2.45, 2.75) is 26.5 Å². The van der Waals surface area contributed by atoms with Gasteiger partial charge < -0.3 is 15.4 Å². The zero-order valence-electron chi connectivity index (χ0n) is 20.8. The van der Waals surface area contributed by atoms with Crippen molar-refractivity contribution in [2.75, 3.05) is 5.32 Å². The van der Waals surface area contributed by atoms with Crippen molar-refractivity contribution in [1.29, 1.82) is 0 Å². The van der Waals surface area contributed by atoms with Crippen molar-refractivity contribution in [3.05, 3.63) is 73.1 Å². The second-order valence-corrected chi connectivity index (χ2v) is 9.60. The highest BCUT2D eigenvalue weighted by Gasteiger charge is 2.17. The molecule has 5 heterocycles. The van der Waals surface area contributed by atoms with Crippen LogP contribution in [0.5, 0.6) is 0 Å². The molecule has 10 heteroatoms. The summed E-state index contributed by atoms with van der Waals surface area (Å²) >= 11 is 0. The Morgan fingerprint density at radius 2 is 1.84 bits per heavy atom. The van der Waals surface area contributed by atoms with Crippen LogP contribution in [0.2, 0.25) is 0 Å². The third-order valence-electron chi connectivity index (χ3n) is 6.24. The van der Waals surface area contributed by atoms with Crippen LogP contribution in [0.3, 0.4) is 0 Å². The molecule has 0 saturated heterocycles. The number of rotatable bonds is 7. The van der Waals surface area contributed by atoms with E-state index < -0.39 is 6.23 Å². The molecule has 6 rings (SSSR count). The fraction of sp³-hybridized carbons (Fsp3) is 0.179. The number of nitrogens with one attached hydrogen (secondary N) is 3. The van der Waals surface area contributed by atoms with Crippen LogP contribution in [-0.2, 0) is 0 Å². The van der Waals surface area contributed by atoms with E-state index in [4.69, 9.17) is 4.98 Å². The number of benzene rings is 1. The molecule has 0 bridgehead atoms. The molecule has 0 spiro atoms. The standard InChI is InChI=1S/C28H25FN8O/c1-15(2)8-23(38)33-20-10-17(12-30-14-20)18-11-21-25(36-37-27(21)32-13-18)28-34-22-6-7-31-24(26(22)35-28)16-4-3-5-19(29)9-16/h3-7,9-15,23,33,38H,8H2,1-2H3,(H,34,35)(H,32,36,37). The zero-order chi connectivity index (χ0) is 26.2. The molecule has 1 unspecified atom stereocenters. The van der Waals surface area contributed by atoms with Gasteiger partial charge in [0.15, 0.2) is 11.5 Å². The Kier molecular flexibility index (Phi) is 6.01. The molecule has 0 fully saturated rings. The summed E-state index contributed by atoms with van der Waals surface area (Å²) in [5.74, 6) is 0.567. The maximum absolute atomic E-state index is 13.9. The van der Waals surface area contributed by atoms with Crippen molar-refractivity contribution in [3.63, 3.8) is 0 Å². The summed E-state index contributed by atoms with van der Waals surface area (Å²) in [4.78, 5) is 21.4. The first-order valence-corrected chi connectivity index (χ1v) is 12.3. The number of anilines is 1. The highest BCUT2D eigenvalue weighted by atomic mass is 19.1. The number of H-pyrrole nitrogens is 2. The van der Waals surface area contributed by atoms with Crippen LogP contribution < -0.4 is 5.32 Å². The molecule has 0 aliphatic carbocycles. The number of aromatic amines is 2. The number of hydrogen-bond acceptors (Lipinski definition) is 7. The Morgan fingerprint density at radius 3 is 2.68 bits per heavy atom. The molecule has 1 atom stereocenters. The molecule has 1 aromatic carbocycles. The number of hydrogen-bond donors (Lipinski definition) is 4. The van der Waals surface area contributed by atoms with Crippen molar-refractivity contribution in [1.82, 2.24) is 35.1 Å². The van der Waals surface area contributed by atoms with E-state index in [2.05, 4.69) is 49.3 Å². The fourth-order valence-corrected chi connectivity index (χ4v) is 4.51. The van der Waals surface area contributed by atoms with Crippen molar-refractivity contribution in [3.8, 4) is 33.9 Å². The maximum atomic E-state index is 13.9. The summed E-state index contributed by atoms with van der Waals surface area (Å²) in [7, 11) is 0. The first kappa shape index (κ1) is 23.7. The lowest BCUT2D eigenvalue weighted by molar-refractivity contribution is 0.176. The summed E-state index contributed by atoms with van der Waals surface area (Å²) in [6.07, 6.45) is 6.82. The minimum atomic E-state index is -0.659. The van der Waals surface area contributed by atoms with Gasteiger partial charge in [-0.05, 0) is 42.7 Å². The fourth-order valence-electron chi connectivity index (χ4n) is 4.51. The molecule has 6 aromatic rings. The predicted molar refractivity (Wildman–Crippen MR) is 144 cm³/mol. The quantitative estimate of drug-likeness (QED) is 0.208.